The molecule has 1 aromatic rings. The number of piperazine rings is 1. The van der Waals surface area contributed by atoms with E-state index in [9.17, 15) is 4.79 Å². The Morgan fingerprint density at radius 1 is 1.26 bits per heavy atom. The normalized spacial score (nSPS) is 14.9. The average molecular weight is 320 g/mol. The number of hydrogen-bond donors (Lipinski definition) is 1. The van der Waals surface area contributed by atoms with Gasteiger partial charge in [0, 0.05) is 32.6 Å². The number of ether oxygens (including phenoxy) is 2. The molecule has 1 heterocycles. The van der Waals surface area contributed by atoms with Gasteiger partial charge < -0.3 is 19.7 Å². The van der Waals surface area contributed by atoms with E-state index in [2.05, 4.69) is 19.2 Å². The van der Waals surface area contributed by atoms with E-state index in [1.165, 1.54) is 0 Å². The van der Waals surface area contributed by atoms with E-state index in [1.807, 2.05) is 23.1 Å². The molecule has 0 atom stereocenters. The number of carbonyl (C=O) groups is 1. The van der Waals surface area contributed by atoms with Crippen molar-refractivity contribution in [1.82, 2.24) is 10.2 Å². The van der Waals surface area contributed by atoms with Crippen LogP contribution < -0.4 is 14.8 Å². The predicted octanol–water partition coefficient (Wildman–Crippen LogP) is 2.09. The van der Waals surface area contributed by atoms with Crippen LogP contribution in [0.4, 0.5) is 0 Å². The smallest absolute Gasteiger partial charge is 0.222 e. The van der Waals surface area contributed by atoms with E-state index >= 15 is 0 Å². The fraction of sp³-hybridized carbons (Fsp3) is 0.611. The first-order valence-electron chi connectivity index (χ1n) is 8.38. The van der Waals surface area contributed by atoms with Gasteiger partial charge in [-0.3, -0.25) is 4.79 Å². The molecule has 128 valence electrons. The summed E-state index contributed by atoms with van der Waals surface area (Å²) in [6, 6.07) is 5.93. The highest BCUT2D eigenvalue weighted by molar-refractivity contribution is 5.76. The Labute approximate surface area is 139 Å². The standard InChI is InChI=1S/C18H28N2O3/c1-14(2)13-23-16-6-4-15(12-17(16)22-3)5-7-18(21)20-10-8-19-9-11-20/h4,6,12,14,19H,5,7-11,13H2,1-3H3. The van der Waals surface area contributed by atoms with Gasteiger partial charge in [0.05, 0.1) is 13.7 Å². The van der Waals surface area contributed by atoms with Crippen LogP contribution in [0.3, 0.4) is 0 Å². The fourth-order valence-electron chi connectivity index (χ4n) is 2.57. The number of rotatable bonds is 7. The first-order chi connectivity index (χ1) is 11.1. The lowest BCUT2D eigenvalue weighted by Gasteiger charge is -2.27. The summed E-state index contributed by atoms with van der Waals surface area (Å²) in [5, 5.41) is 3.26. The van der Waals surface area contributed by atoms with Crippen molar-refractivity contribution in [2.45, 2.75) is 26.7 Å². The van der Waals surface area contributed by atoms with Crippen LogP contribution in [-0.2, 0) is 11.2 Å². The Hall–Kier alpha value is -1.75. The van der Waals surface area contributed by atoms with E-state index in [1.54, 1.807) is 7.11 Å². The molecule has 0 spiro atoms. The molecule has 1 aliphatic rings. The van der Waals surface area contributed by atoms with Gasteiger partial charge in [-0.2, -0.15) is 0 Å². The second kappa shape index (κ2) is 8.77. The quantitative estimate of drug-likeness (QED) is 0.836. The number of carbonyl (C=O) groups excluding carboxylic acids is 1. The molecule has 1 saturated heterocycles. The van der Waals surface area contributed by atoms with Crippen molar-refractivity contribution in [3.05, 3.63) is 23.8 Å². The number of methoxy groups -OCH3 is 1. The van der Waals surface area contributed by atoms with Crippen molar-refractivity contribution in [1.29, 1.82) is 0 Å². The summed E-state index contributed by atoms with van der Waals surface area (Å²) in [5.74, 6) is 2.19. The van der Waals surface area contributed by atoms with E-state index in [4.69, 9.17) is 9.47 Å². The van der Waals surface area contributed by atoms with Crippen molar-refractivity contribution in [3.8, 4) is 11.5 Å². The van der Waals surface area contributed by atoms with Crippen LogP contribution in [0.1, 0.15) is 25.8 Å². The SMILES string of the molecule is COc1cc(CCC(=O)N2CCNCC2)ccc1OCC(C)C. The lowest BCUT2D eigenvalue weighted by molar-refractivity contribution is -0.131. The fourth-order valence-corrected chi connectivity index (χ4v) is 2.57. The minimum absolute atomic E-state index is 0.227. The second-order valence-electron chi connectivity index (χ2n) is 6.32. The molecule has 0 unspecified atom stereocenters. The van der Waals surface area contributed by atoms with Gasteiger partial charge in [-0.15, -0.1) is 0 Å². The van der Waals surface area contributed by atoms with Crippen molar-refractivity contribution in [2.75, 3.05) is 39.9 Å². The van der Waals surface area contributed by atoms with Crippen LogP contribution >= 0.6 is 0 Å². The highest BCUT2D eigenvalue weighted by atomic mass is 16.5. The lowest BCUT2D eigenvalue weighted by atomic mass is 10.1. The molecule has 2 rings (SSSR count). The zero-order valence-electron chi connectivity index (χ0n) is 14.4. The first kappa shape index (κ1) is 17.6. The minimum Gasteiger partial charge on any atom is -0.493 e. The molecule has 0 bridgehead atoms. The molecule has 1 fully saturated rings. The third-order valence-corrected chi connectivity index (χ3v) is 3.90. The topological polar surface area (TPSA) is 50.8 Å². The summed E-state index contributed by atoms with van der Waals surface area (Å²) >= 11 is 0. The van der Waals surface area contributed by atoms with Crippen LogP contribution in [0, 0.1) is 5.92 Å². The van der Waals surface area contributed by atoms with Crippen molar-refractivity contribution < 1.29 is 14.3 Å². The summed E-state index contributed by atoms with van der Waals surface area (Å²) in [6.07, 6.45) is 1.26. The molecule has 0 saturated carbocycles. The third-order valence-electron chi connectivity index (χ3n) is 3.90. The molecule has 1 N–H and O–H groups in total. The molecular formula is C18H28N2O3. The highest BCUT2D eigenvalue weighted by Gasteiger charge is 2.16. The van der Waals surface area contributed by atoms with Gasteiger partial charge in [0.15, 0.2) is 11.5 Å². The Balaban J connectivity index is 1.90. The molecule has 0 radical (unpaired) electrons. The Kier molecular flexibility index (Phi) is 6.71. The van der Waals surface area contributed by atoms with E-state index in [-0.39, 0.29) is 5.91 Å². The average Bonchev–Trinajstić information content (AvgIpc) is 2.58. The molecule has 1 aliphatic heterocycles. The van der Waals surface area contributed by atoms with Crippen LogP contribution in [0.25, 0.3) is 0 Å². The second-order valence-corrected chi connectivity index (χ2v) is 6.32. The van der Waals surface area contributed by atoms with Gasteiger partial charge in [-0.25, -0.2) is 0 Å². The summed E-state index contributed by atoms with van der Waals surface area (Å²) in [5.41, 5.74) is 1.10. The summed E-state index contributed by atoms with van der Waals surface area (Å²) < 4.78 is 11.2. The lowest BCUT2D eigenvalue weighted by Crippen LogP contribution is -2.46. The Bertz CT molecular complexity index is 511. The number of nitrogens with zero attached hydrogens (tertiary/aromatic N) is 1. The maximum absolute atomic E-state index is 12.2. The van der Waals surface area contributed by atoms with Gasteiger partial charge in [-0.1, -0.05) is 19.9 Å². The Morgan fingerprint density at radius 2 is 2.00 bits per heavy atom. The molecule has 1 amide bonds. The number of amides is 1. The molecular weight excluding hydrogens is 292 g/mol. The Morgan fingerprint density at radius 3 is 2.65 bits per heavy atom. The summed E-state index contributed by atoms with van der Waals surface area (Å²) in [6.45, 7) is 8.29. The van der Waals surface area contributed by atoms with Crippen molar-refractivity contribution >= 4 is 5.91 Å². The van der Waals surface area contributed by atoms with Gasteiger partial charge in [0.1, 0.15) is 0 Å². The zero-order valence-corrected chi connectivity index (χ0v) is 14.4. The molecule has 0 aromatic heterocycles. The largest absolute Gasteiger partial charge is 0.493 e. The van der Waals surface area contributed by atoms with Crippen LogP contribution in [0.2, 0.25) is 0 Å². The number of benzene rings is 1. The molecule has 5 nitrogen and oxygen atoms in total. The van der Waals surface area contributed by atoms with E-state index in [0.717, 1.165) is 49.7 Å². The summed E-state index contributed by atoms with van der Waals surface area (Å²) in [4.78, 5) is 14.2. The number of hydrogen-bond acceptors (Lipinski definition) is 4. The molecule has 0 aliphatic carbocycles. The summed E-state index contributed by atoms with van der Waals surface area (Å²) in [7, 11) is 1.65. The maximum Gasteiger partial charge on any atom is 0.222 e. The monoisotopic (exact) mass is 320 g/mol. The minimum atomic E-state index is 0.227. The third kappa shape index (κ3) is 5.43. The van der Waals surface area contributed by atoms with Crippen LogP contribution in [0.5, 0.6) is 11.5 Å². The van der Waals surface area contributed by atoms with Crippen molar-refractivity contribution in [3.63, 3.8) is 0 Å². The van der Waals surface area contributed by atoms with Gasteiger partial charge in [0.25, 0.3) is 0 Å². The number of aryl methyl sites for hydroxylation is 1. The van der Waals surface area contributed by atoms with Crippen molar-refractivity contribution in [2.24, 2.45) is 5.92 Å². The zero-order chi connectivity index (χ0) is 16.7. The predicted molar refractivity (Wildman–Crippen MR) is 91.1 cm³/mol. The van der Waals surface area contributed by atoms with E-state index < -0.39 is 0 Å². The molecule has 23 heavy (non-hydrogen) atoms. The molecule has 5 heteroatoms. The van der Waals surface area contributed by atoms with Gasteiger partial charge in [0.2, 0.25) is 5.91 Å². The van der Waals surface area contributed by atoms with Crippen LogP contribution in [-0.4, -0.2) is 50.7 Å². The first-order valence-corrected chi connectivity index (χ1v) is 8.38. The van der Waals surface area contributed by atoms with Gasteiger partial charge >= 0.3 is 0 Å². The van der Waals surface area contributed by atoms with Gasteiger partial charge in [-0.05, 0) is 30.0 Å². The highest BCUT2D eigenvalue weighted by Crippen LogP contribution is 2.29. The maximum atomic E-state index is 12.2. The number of nitrogens with one attached hydrogen (secondary N) is 1. The van der Waals surface area contributed by atoms with Crippen LogP contribution in [0.15, 0.2) is 18.2 Å². The molecule has 1 aromatic carbocycles. The van der Waals surface area contributed by atoms with E-state index in [0.29, 0.717) is 18.9 Å².